The number of H-pyrrole nitrogens is 1. The van der Waals surface area contributed by atoms with Gasteiger partial charge in [0.1, 0.15) is 12.9 Å². The van der Waals surface area contributed by atoms with Crippen molar-refractivity contribution >= 4 is 23.8 Å². The first-order chi connectivity index (χ1) is 14.0. The molecule has 0 aliphatic carbocycles. The number of benzene rings is 1. The lowest BCUT2D eigenvalue weighted by Crippen LogP contribution is -2.49. The summed E-state index contributed by atoms with van der Waals surface area (Å²) in [6.45, 7) is 7.14. The van der Waals surface area contributed by atoms with Gasteiger partial charge in [0.25, 0.3) is 0 Å². The molecule has 4 rings (SSSR count). The highest BCUT2D eigenvalue weighted by Gasteiger charge is 2.35. The van der Waals surface area contributed by atoms with E-state index in [9.17, 15) is 4.79 Å². The van der Waals surface area contributed by atoms with E-state index in [0.717, 1.165) is 25.2 Å². The molecule has 0 radical (unpaired) electrons. The summed E-state index contributed by atoms with van der Waals surface area (Å²) < 4.78 is 20.3. The van der Waals surface area contributed by atoms with Crippen molar-refractivity contribution in [3.8, 4) is 11.5 Å². The second-order valence-corrected chi connectivity index (χ2v) is 7.81. The van der Waals surface area contributed by atoms with Gasteiger partial charge in [-0.25, -0.2) is 14.3 Å². The van der Waals surface area contributed by atoms with Gasteiger partial charge in [0.05, 0.1) is 11.3 Å². The summed E-state index contributed by atoms with van der Waals surface area (Å²) >= 11 is 0. The molecule has 30 heavy (non-hydrogen) atoms. The summed E-state index contributed by atoms with van der Waals surface area (Å²) in [4.78, 5) is 18.6. The zero-order valence-electron chi connectivity index (χ0n) is 17.3. The van der Waals surface area contributed by atoms with E-state index in [-0.39, 0.29) is 24.3 Å². The summed E-state index contributed by atoms with van der Waals surface area (Å²) in [7, 11) is 1.46. The van der Waals surface area contributed by atoms with E-state index in [1.165, 1.54) is 13.2 Å². The summed E-state index contributed by atoms with van der Waals surface area (Å²) in [5.74, 6) is -0.0354. The van der Waals surface area contributed by atoms with Gasteiger partial charge < -0.3 is 19.5 Å². The number of rotatable bonds is 4. The second kappa shape index (κ2) is 9.18. The topological polar surface area (TPSA) is 95.7 Å². The molecule has 3 heterocycles. The number of hydrogen-bond acceptors (Lipinski definition) is 7. The van der Waals surface area contributed by atoms with Crippen molar-refractivity contribution in [1.82, 2.24) is 15.5 Å². The predicted molar refractivity (Wildman–Crippen MR) is 115 cm³/mol. The summed E-state index contributed by atoms with van der Waals surface area (Å²) in [5.41, 5.74) is 2.16. The first-order valence-corrected chi connectivity index (χ1v) is 9.96. The number of aromatic amines is 1. The van der Waals surface area contributed by atoms with Crippen molar-refractivity contribution < 1.29 is 13.6 Å². The van der Waals surface area contributed by atoms with E-state index in [1.807, 2.05) is 6.07 Å². The molecule has 8 nitrogen and oxygen atoms in total. The smallest absolute Gasteiger partial charge is 0.399 e. The van der Waals surface area contributed by atoms with Crippen molar-refractivity contribution in [3.05, 3.63) is 34.1 Å². The quantitative estimate of drug-likeness (QED) is 0.711. The van der Waals surface area contributed by atoms with Gasteiger partial charge in [-0.05, 0) is 50.4 Å². The monoisotopic (exact) mass is 439 g/mol. The molecule has 164 valence electrons. The molecule has 2 aromatic rings. The fraction of sp³-hybridized carbons (Fsp3) is 0.550. The largest absolute Gasteiger partial charge is 0.434 e. The molecular weight excluding hydrogens is 413 g/mol. The zero-order valence-corrected chi connectivity index (χ0v) is 18.1. The SMILES string of the molecule is CO/N=C1\CCN([C@@H](C)[C@H]2CCNC[C@H]2C)c2cc(-c3n[nH]c(=O)o3)cc(F)c21.Cl. The lowest BCUT2D eigenvalue weighted by atomic mass is 9.81. The Morgan fingerprint density at radius 2 is 2.23 bits per heavy atom. The molecule has 2 N–H and O–H groups in total. The Morgan fingerprint density at radius 3 is 2.90 bits per heavy atom. The third-order valence-electron chi connectivity index (χ3n) is 6.11. The van der Waals surface area contributed by atoms with Gasteiger partial charge in [-0.15, -0.1) is 17.5 Å². The van der Waals surface area contributed by atoms with Gasteiger partial charge in [-0.2, -0.15) is 0 Å². The fourth-order valence-electron chi connectivity index (χ4n) is 4.66. The van der Waals surface area contributed by atoms with Crippen LogP contribution in [-0.4, -0.2) is 48.7 Å². The first-order valence-electron chi connectivity index (χ1n) is 9.96. The van der Waals surface area contributed by atoms with Crippen molar-refractivity contribution in [2.24, 2.45) is 17.0 Å². The molecule has 0 amide bonds. The molecular formula is C20H27ClFN5O3. The lowest BCUT2D eigenvalue weighted by molar-refractivity contribution is 0.212. The summed E-state index contributed by atoms with van der Waals surface area (Å²) in [6.07, 6.45) is 1.67. The number of piperidine rings is 1. The molecule has 0 spiro atoms. The Labute approximate surface area is 180 Å². The number of halogens is 2. The number of anilines is 1. The minimum atomic E-state index is -0.673. The Kier molecular flexibility index (Phi) is 6.82. The zero-order chi connectivity index (χ0) is 20.5. The molecule has 1 saturated heterocycles. The number of nitrogens with one attached hydrogen (secondary N) is 2. The van der Waals surface area contributed by atoms with E-state index in [2.05, 4.69) is 39.4 Å². The van der Waals surface area contributed by atoms with Gasteiger partial charge in [-0.1, -0.05) is 12.1 Å². The van der Waals surface area contributed by atoms with Crippen LogP contribution in [0, 0.1) is 17.7 Å². The molecule has 3 atom stereocenters. The van der Waals surface area contributed by atoms with Crippen molar-refractivity contribution in [3.63, 3.8) is 0 Å². The first kappa shape index (κ1) is 22.3. The minimum absolute atomic E-state index is 0. The highest BCUT2D eigenvalue weighted by atomic mass is 35.5. The molecule has 0 bridgehead atoms. The van der Waals surface area contributed by atoms with Gasteiger partial charge in [0.2, 0.25) is 5.89 Å². The molecule has 1 fully saturated rings. The standard InChI is InChI=1S/C20H26FN5O3.ClH/c1-11-10-22-6-4-14(11)12(2)26-7-5-16(25-28-3)18-15(21)8-13(9-17(18)26)19-23-24-20(27)29-19;/h8-9,11-12,14,22H,4-7,10H2,1-3H3,(H,24,27);1H/b25-16+;/t11-,12+,14+;/m1./s1. The van der Waals surface area contributed by atoms with Crippen molar-refractivity contribution in [1.29, 1.82) is 0 Å². The average Bonchev–Trinajstić information content (AvgIpc) is 3.14. The van der Waals surface area contributed by atoms with Crippen LogP contribution in [0.2, 0.25) is 0 Å². The fourth-order valence-corrected chi connectivity index (χ4v) is 4.66. The van der Waals surface area contributed by atoms with Crippen LogP contribution in [0.4, 0.5) is 10.1 Å². The summed E-state index contributed by atoms with van der Waals surface area (Å²) in [5, 5.41) is 13.6. The number of nitrogens with zero attached hydrogens (tertiary/aromatic N) is 3. The van der Waals surface area contributed by atoms with Crippen LogP contribution in [-0.2, 0) is 4.84 Å². The summed E-state index contributed by atoms with van der Waals surface area (Å²) in [6, 6.07) is 3.37. The maximum absolute atomic E-state index is 15.2. The Morgan fingerprint density at radius 1 is 1.43 bits per heavy atom. The number of oxime groups is 1. The van der Waals surface area contributed by atoms with E-state index in [4.69, 9.17) is 9.25 Å². The number of hydrogen-bond donors (Lipinski definition) is 2. The third kappa shape index (κ3) is 4.09. The molecule has 0 saturated carbocycles. The normalized spacial score (nSPS) is 23.6. The molecule has 10 heteroatoms. The van der Waals surface area contributed by atoms with Gasteiger partial charge in [0.15, 0.2) is 0 Å². The highest BCUT2D eigenvalue weighted by Crippen LogP contribution is 2.38. The molecule has 1 aromatic carbocycles. The second-order valence-electron chi connectivity index (χ2n) is 7.81. The maximum Gasteiger partial charge on any atom is 0.434 e. The predicted octanol–water partition coefficient (Wildman–Crippen LogP) is 2.79. The molecule has 1 aromatic heterocycles. The lowest BCUT2D eigenvalue weighted by Gasteiger charge is -2.43. The molecule has 2 aliphatic heterocycles. The van der Waals surface area contributed by atoms with E-state index in [0.29, 0.717) is 41.6 Å². The Balaban J connectivity index is 0.00000256. The van der Waals surface area contributed by atoms with E-state index in [1.54, 1.807) is 0 Å². The maximum atomic E-state index is 15.2. The minimum Gasteiger partial charge on any atom is -0.399 e. The van der Waals surface area contributed by atoms with Crippen LogP contribution < -0.4 is 16.0 Å². The molecule has 2 aliphatic rings. The van der Waals surface area contributed by atoms with Crippen LogP contribution >= 0.6 is 12.4 Å². The van der Waals surface area contributed by atoms with Crippen molar-refractivity contribution in [2.45, 2.75) is 32.7 Å². The van der Waals surface area contributed by atoms with Crippen LogP contribution in [0.5, 0.6) is 0 Å². The van der Waals surface area contributed by atoms with Gasteiger partial charge in [-0.3, -0.25) is 0 Å². The van der Waals surface area contributed by atoms with Gasteiger partial charge in [0, 0.05) is 30.3 Å². The number of fused-ring (bicyclic) bond motifs is 1. The Hall–Kier alpha value is -2.39. The highest BCUT2D eigenvalue weighted by molar-refractivity contribution is 6.07. The van der Waals surface area contributed by atoms with Crippen LogP contribution in [0.3, 0.4) is 0 Å². The average molecular weight is 440 g/mol. The van der Waals surface area contributed by atoms with E-state index < -0.39 is 11.6 Å². The number of aromatic nitrogens is 2. The van der Waals surface area contributed by atoms with Crippen LogP contribution in [0.1, 0.15) is 32.3 Å². The molecule has 0 unspecified atom stereocenters. The third-order valence-corrected chi connectivity index (χ3v) is 6.11. The van der Waals surface area contributed by atoms with Crippen LogP contribution in [0.15, 0.2) is 26.5 Å². The van der Waals surface area contributed by atoms with Crippen molar-refractivity contribution in [2.75, 3.05) is 31.6 Å². The van der Waals surface area contributed by atoms with Gasteiger partial charge >= 0.3 is 5.76 Å². The Bertz CT molecular complexity index is 976. The van der Waals surface area contributed by atoms with E-state index >= 15 is 4.39 Å². The van der Waals surface area contributed by atoms with Crippen LogP contribution in [0.25, 0.3) is 11.5 Å².